The van der Waals surface area contributed by atoms with E-state index in [1.807, 2.05) is 54.6 Å². The van der Waals surface area contributed by atoms with Gasteiger partial charge >= 0.3 is 0 Å². The van der Waals surface area contributed by atoms with E-state index < -0.39 is 0 Å². The number of nitrogens with one attached hydrogen (secondary N) is 1. The fourth-order valence-corrected chi connectivity index (χ4v) is 4.39. The van der Waals surface area contributed by atoms with Gasteiger partial charge in [-0.3, -0.25) is 4.79 Å². The number of rotatable bonds is 10. The van der Waals surface area contributed by atoms with E-state index in [1.54, 1.807) is 0 Å². The van der Waals surface area contributed by atoms with Crippen LogP contribution in [0.25, 0.3) is 10.9 Å². The maximum absolute atomic E-state index is 12.7. The molecule has 1 amide bonds. The highest BCUT2D eigenvalue weighted by molar-refractivity contribution is 6.31. The van der Waals surface area contributed by atoms with Crippen LogP contribution in [0.2, 0.25) is 5.02 Å². The van der Waals surface area contributed by atoms with Gasteiger partial charge in [-0.1, -0.05) is 72.3 Å². The summed E-state index contributed by atoms with van der Waals surface area (Å²) in [6, 6.07) is 26.2. The number of benzene rings is 3. The van der Waals surface area contributed by atoms with Gasteiger partial charge in [-0.05, 0) is 48.6 Å². The Morgan fingerprint density at radius 1 is 0.914 bits per heavy atom. The summed E-state index contributed by atoms with van der Waals surface area (Å²) in [5, 5.41) is 4.68. The number of hydrogen-bond donors (Lipinski definition) is 1. The highest BCUT2D eigenvalue weighted by Crippen LogP contribution is 2.40. The van der Waals surface area contributed by atoms with Crippen molar-refractivity contribution in [2.45, 2.75) is 38.1 Å². The van der Waals surface area contributed by atoms with Crippen molar-refractivity contribution in [2.24, 2.45) is 0 Å². The number of anilines is 1. The first-order chi connectivity index (χ1) is 17.2. The van der Waals surface area contributed by atoms with Crippen molar-refractivity contribution in [3.8, 4) is 0 Å². The number of hydrogen-bond acceptors (Lipinski definition) is 4. The van der Waals surface area contributed by atoms with Crippen LogP contribution in [-0.2, 0) is 17.8 Å². The van der Waals surface area contributed by atoms with E-state index in [-0.39, 0.29) is 5.91 Å². The van der Waals surface area contributed by atoms with Crippen molar-refractivity contribution in [1.29, 1.82) is 0 Å². The zero-order valence-corrected chi connectivity index (χ0v) is 20.4. The number of carbonyl (C=O) groups is 1. The van der Waals surface area contributed by atoms with E-state index in [4.69, 9.17) is 21.6 Å². The van der Waals surface area contributed by atoms with Crippen LogP contribution in [0.5, 0.6) is 0 Å². The average molecular weight is 485 g/mol. The summed E-state index contributed by atoms with van der Waals surface area (Å²) in [6.45, 7) is 1.87. The number of fused-ring (bicyclic) bond motifs is 1. The molecule has 0 aliphatic heterocycles. The zero-order valence-electron chi connectivity index (χ0n) is 19.7. The number of nitrogens with zero attached hydrogens (tertiary/aromatic N) is 3. The molecule has 4 aromatic rings. The summed E-state index contributed by atoms with van der Waals surface area (Å²) in [7, 11) is 0. The molecular weight excluding hydrogens is 456 g/mol. The molecule has 1 fully saturated rings. The molecule has 5 rings (SSSR count). The summed E-state index contributed by atoms with van der Waals surface area (Å²) in [6.07, 6.45) is 3.50. The van der Waals surface area contributed by atoms with Gasteiger partial charge in [0.15, 0.2) is 0 Å². The molecule has 178 valence electrons. The van der Waals surface area contributed by atoms with E-state index >= 15 is 0 Å². The van der Waals surface area contributed by atoms with Crippen LogP contribution in [0.1, 0.15) is 42.1 Å². The first kappa shape index (κ1) is 23.3. The van der Waals surface area contributed by atoms with Gasteiger partial charge in [-0.15, -0.1) is 0 Å². The van der Waals surface area contributed by atoms with Crippen molar-refractivity contribution < 1.29 is 4.79 Å². The third-order valence-corrected chi connectivity index (χ3v) is 6.59. The van der Waals surface area contributed by atoms with Crippen LogP contribution < -0.4 is 10.2 Å². The number of carbonyl (C=O) groups excluding carboxylic acids is 1. The monoisotopic (exact) mass is 484 g/mol. The van der Waals surface area contributed by atoms with E-state index in [9.17, 15) is 4.79 Å². The lowest BCUT2D eigenvalue weighted by atomic mass is 10.1. The van der Waals surface area contributed by atoms with Gasteiger partial charge in [0.25, 0.3) is 0 Å². The van der Waals surface area contributed by atoms with E-state index in [0.29, 0.717) is 30.5 Å². The third kappa shape index (κ3) is 6.17. The molecule has 1 aromatic heterocycles. The third-order valence-electron chi connectivity index (χ3n) is 6.35. The Morgan fingerprint density at radius 3 is 2.34 bits per heavy atom. The molecular formula is C29H29ClN4O. The fourth-order valence-electron chi connectivity index (χ4n) is 4.22. The van der Waals surface area contributed by atoms with Crippen LogP contribution in [0.15, 0.2) is 78.9 Å². The Kier molecular flexibility index (Phi) is 7.24. The van der Waals surface area contributed by atoms with E-state index in [0.717, 1.165) is 53.9 Å². The van der Waals surface area contributed by atoms with E-state index in [2.05, 4.69) is 34.5 Å². The molecule has 5 nitrogen and oxygen atoms in total. The first-order valence-electron chi connectivity index (χ1n) is 12.2. The van der Waals surface area contributed by atoms with Crippen molar-refractivity contribution in [1.82, 2.24) is 15.3 Å². The Hall–Kier alpha value is -3.44. The predicted molar refractivity (Wildman–Crippen MR) is 142 cm³/mol. The standard InChI is InChI=1S/C29H29ClN4O/c30-24-13-14-25-26(19-24)32-28(23-11-12-23)33-29(25)34(17-15-21-7-3-1-4-8-21)18-16-27(35)31-20-22-9-5-2-6-10-22/h1-10,13-14,19,23H,11-12,15-18,20H2,(H,31,35). The minimum atomic E-state index is 0.0300. The van der Waals surface area contributed by atoms with Gasteiger partial charge in [-0.2, -0.15) is 0 Å². The smallest absolute Gasteiger partial charge is 0.222 e. The SMILES string of the molecule is O=C(CCN(CCc1ccccc1)c1nc(C2CC2)nc2cc(Cl)ccc12)NCc1ccccc1. The molecule has 1 aliphatic carbocycles. The van der Waals surface area contributed by atoms with Gasteiger partial charge in [0.2, 0.25) is 5.91 Å². The summed E-state index contributed by atoms with van der Waals surface area (Å²) in [5.74, 6) is 2.22. The molecule has 1 aliphatic rings. The minimum absolute atomic E-state index is 0.0300. The van der Waals surface area contributed by atoms with Crippen molar-refractivity contribution in [2.75, 3.05) is 18.0 Å². The molecule has 1 N–H and O–H groups in total. The topological polar surface area (TPSA) is 58.1 Å². The second kappa shape index (κ2) is 10.9. The van der Waals surface area contributed by atoms with Gasteiger partial charge < -0.3 is 10.2 Å². The quantitative estimate of drug-likeness (QED) is 0.303. The van der Waals surface area contributed by atoms with Crippen molar-refractivity contribution in [3.05, 3.63) is 101 Å². The molecule has 6 heteroatoms. The molecule has 0 saturated heterocycles. The molecule has 1 saturated carbocycles. The number of amides is 1. The van der Waals surface area contributed by atoms with E-state index in [1.165, 1.54) is 5.56 Å². The Bertz CT molecular complexity index is 1290. The normalized spacial score (nSPS) is 13.1. The second-order valence-corrected chi connectivity index (χ2v) is 9.51. The lowest BCUT2D eigenvalue weighted by Crippen LogP contribution is -2.33. The van der Waals surface area contributed by atoms with Crippen LogP contribution in [0.3, 0.4) is 0 Å². The van der Waals surface area contributed by atoms with Crippen molar-refractivity contribution >= 4 is 34.2 Å². The maximum atomic E-state index is 12.7. The molecule has 0 unspecified atom stereocenters. The Morgan fingerprint density at radius 2 is 1.63 bits per heavy atom. The second-order valence-electron chi connectivity index (χ2n) is 9.08. The molecule has 0 radical (unpaired) electrons. The summed E-state index contributed by atoms with van der Waals surface area (Å²) in [5.41, 5.74) is 3.21. The predicted octanol–water partition coefficient (Wildman–Crippen LogP) is 5.92. The summed E-state index contributed by atoms with van der Waals surface area (Å²) < 4.78 is 0. The minimum Gasteiger partial charge on any atom is -0.355 e. The highest BCUT2D eigenvalue weighted by Gasteiger charge is 2.28. The van der Waals surface area contributed by atoms with Gasteiger partial charge in [0, 0.05) is 42.4 Å². The Labute approximate surface area is 211 Å². The van der Waals surface area contributed by atoms with Crippen molar-refractivity contribution in [3.63, 3.8) is 0 Å². The molecule has 35 heavy (non-hydrogen) atoms. The average Bonchev–Trinajstić information content (AvgIpc) is 3.74. The first-order valence-corrected chi connectivity index (χ1v) is 12.6. The highest BCUT2D eigenvalue weighted by atomic mass is 35.5. The number of halogens is 1. The summed E-state index contributed by atoms with van der Waals surface area (Å²) >= 11 is 6.30. The van der Waals surface area contributed by atoms with Crippen LogP contribution >= 0.6 is 11.6 Å². The Balaban J connectivity index is 1.37. The van der Waals surface area contributed by atoms with Gasteiger partial charge in [0.05, 0.1) is 5.52 Å². The van der Waals surface area contributed by atoms with Gasteiger partial charge in [0.1, 0.15) is 11.6 Å². The maximum Gasteiger partial charge on any atom is 0.222 e. The van der Waals surface area contributed by atoms with Crippen LogP contribution in [0.4, 0.5) is 5.82 Å². The number of aromatic nitrogens is 2. The molecule has 0 atom stereocenters. The van der Waals surface area contributed by atoms with Crippen LogP contribution in [-0.4, -0.2) is 29.0 Å². The summed E-state index contributed by atoms with van der Waals surface area (Å²) in [4.78, 5) is 24.8. The molecule has 3 aromatic carbocycles. The fraction of sp³-hybridized carbons (Fsp3) is 0.276. The lowest BCUT2D eigenvalue weighted by molar-refractivity contribution is -0.121. The largest absolute Gasteiger partial charge is 0.355 e. The zero-order chi connectivity index (χ0) is 24.0. The molecule has 1 heterocycles. The molecule has 0 bridgehead atoms. The van der Waals surface area contributed by atoms with Gasteiger partial charge in [-0.25, -0.2) is 9.97 Å². The lowest BCUT2D eigenvalue weighted by Gasteiger charge is -2.25. The van der Waals surface area contributed by atoms with Crippen LogP contribution in [0, 0.1) is 0 Å². The molecule has 0 spiro atoms.